The summed E-state index contributed by atoms with van der Waals surface area (Å²) in [5, 5.41) is 10.5. The zero-order valence-corrected chi connectivity index (χ0v) is 12.3. The van der Waals surface area contributed by atoms with Gasteiger partial charge in [-0.25, -0.2) is 0 Å². The van der Waals surface area contributed by atoms with Crippen LogP contribution in [0.25, 0.3) is 0 Å². The van der Waals surface area contributed by atoms with Gasteiger partial charge >= 0.3 is 12.1 Å². The predicted octanol–water partition coefficient (Wildman–Crippen LogP) is 2.05. The van der Waals surface area contributed by atoms with Gasteiger partial charge in [-0.3, -0.25) is 19.7 Å². The number of ether oxygens (including phenoxy) is 1. The second-order valence-electron chi connectivity index (χ2n) is 5.32. The molecule has 0 aromatic heterocycles. The van der Waals surface area contributed by atoms with E-state index in [-0.39, 0.29) is 25.3 Å². The Morgan fingerprint density at radius 2 is 1.96 bits per heavy atom. The van der Waals surface area contributed by atoms with Crippen LogP contribution in [0.3, 0.4) is 0 Å². The molecule has 10 heteroatoms. The number of nitro benzene ring substituents is 1. The van der Waals surface area contributed by atoms with Crippen molar-refractivity contribution in [1.29, 1.82) is 0 Å². The van der Waals surface area contributed by atoms with E-state index in [9.17, 15) is 32.9 Å². The molecule has 1 heterocycles. The molecule has 2 rings (SSSR count). The molecule has 0 N–H and O–H groups in total. The molecule has 1 aliphatic heterocycles. The molecular weight excluding hydrogens is 333 g/mol. The standard InChI is InChI=1S/C14H13F3N2O5/c15-14(16,17)8-18-6-10(5-12(18)20)13(21)24-7-9-1-3-11(4-2-9)19(22)23/h1-4,10H,5-8H2/t10-/m0/s1. The van der Waals surface area contributed by atoms with E-state index in [0.29, 0.717) is 10.5 Å². The number of carbonyl (C=O) groups excluding carboxylic acids is 2. The van der Waals surface area contributed by atoms with Gasteiger partial charge in [-0.1, -0.05) is 0 Å². The minimum atomic E-state index is -4.52. The molecule has 0 spiro atoms. The minimum absolute atomic E-state index is 0.116. The minimum Gasteiger partial charge on any atom is -0.461 e. The van der Waals surface area contributed by atoms with E-state index in [1.165, 1.54) is 24.3 Å². The van der Waals surface area contributed by atoms with Gasteiger partial charge in [0.25, 0.3) is 5.69 Å². The summed E-state index contributed by atoms with van der Waals surface area (Å²) in [6.45, 7) is -1.91. The van der Waals surface area contributed by atoms with Crippen LogP contribution in [0.1, 0.15) is 12.0 Å². The summed E-state index contributed by atoms with van der Waals surface area (Å²) in [4.78, 5) is 33.9. The molecule has 24 heavy (non-hydrogen) atoms. The Bertz CT molecular complexity index is 645. The number of hydrogen-bond donors (Lipinski definition) is 0. The van der Waals surface area contributed by atoms with Gasteiger partial charge in [0.15, 0.2) is 0 Å². The third-order valence-corrected chi connectivity index (χ3v) is 3.45. The van der Waals surface area contributed by atoms with Crippen LogP contribution in [0, 0.1) is 16.0 Å². The summed E-state index contributed by atoms with van der Waals surface area (Å²) in [6.07, 6.45) is -4.84. The molecule has 0 saturated carbocycles. The number of likely N-dealkylation sites (tertiary alicyclic amines) is 1. The van der Waals surface area contributed by atoms with Crippen molar-refractivity contribution >= 4 is 17.6 Å². The molecule has 0 radical (unpaired) electrons. The number of non-ortho nitro benzene ring substituents is 1. The fourth-order valence-electron chi connectivity index (χ4n) is 2.29. The summed E-state index contributed by atoms with van der Waals surface area (Å²) in [6, 6.07) is 5.29. The molecular formula is C14H13F3N2O5. The van der Waals surface area contributed by atoms with Crippen molar-refractivity contribution < 1.29 is 32.4 Å². The number of nitrogens with zero attached hydrogens (tertiary/aromatic N) is 2. The number of esters is 1. The molecule has 1 fully saturated rings. The zero-order chi connectivity index (χ0) is 17.9. The van der Waals surface area contributed by atoms with Crippen LogP contribution in [0.5, 0.6) is 0 Å². The molecule has 0 unspecified atom stereocenters. The Morgan fingerprint density at radius 1 is 1.33 bits per heavy atom. The number of rotatable bonds is 5. The Kier molecular flexibility index (Phi) is 5.05. The number of nitro groups is 1. The van der Waals surface area contributed by atoms with Crippen molar-refractivity contribution in [2.75, 3.05) is 13.1 Å². The van der Waals surface area contributed by atoms with Crippen LogP contribution in [-0.2, 0) is 20.9 Å². The number of alkyl halides is 3. The summed E-state index contributed by atoms with van der Waals surface area (Å²) in [7, 11) is 0. The second kappa shape index (κ2) is 6.85. The maximum Gasteiger partial charge on any atom is 0.406 e. The third-order valence-electron chi connectivity index (χ3n) is 3.45. The summed E-state index contributed by atoms with van der Waals surface area (Å²) in [5.74, 6) is -2.46. The van der Waals surface area contributed by atoms with Crippen molar-refractivity contribution in [2.24, 2.45) is 5.92 Å². The lowest BCUT2D eigenvalue weighted by atomic mass is 10.1. The first-order chi connectivity index (χ1) is 11.2. The van der Waals surface area contributed by atoms with Crippen molar-refractivity contribution in [2.45, 2.75) is 19.2 Å². The average Bonchev–Trinajstić information content (AvgIpc) is 2.84. The second-order valence-corrected chi connectivity index (χ2v) is 5.32. The lowest BCUT2D eigenvalue weighted by molar-refractivity contribution is -0.384. The van der Waals surface area contributed by atoms with Crippen molar-refractivity contribution in [1.82, 2.24) is 4.90 Å². The zero-order valence-electron chi connectivity index (χ0n) is 12.3. The number of benzene rings is 1. The van der Waals surface area contributed by atoms with Gasteiger partial charge in [0.05, 0.1) is 10.8 Å². The molecule has 1 aliphatic rings. The van der Waals surface area contributed by atoms with E-state index in [4.69, 9.17) is 4.74 Å². The highest BCUT2D eigenvalue weighted by molar-refractivity contribution is 5.86. The van der Waals surface area contributed by atoms with Gasteiger partial charge in [0.1, 0.15) is 13.2 Å². The molecule has 1 aromatic rings. The summed E-state index contributed by atoms with van der Waals surface area (Å²) in [5.41, 5.74) is 0.375. The lowest BCUT2D eigenvalue weighted by Crippen LogP contribution is -2.35. The molecule has 1 atom stereocenters. The van der Waals surface area contributed by atoms with E-state index < -0.39 is 35.4 Å². The van der Waals surface area contributed by atoms with E-state index in [1.807, 2.05) is 0 Å². The van der Waals surface area contributed by atoms with Crippen LogP contribution >= 0.6 is 0 Å². The fourth-order valence-corrected chi connectivity index (χ4v) is 2.29. The summed E-state index contributed by atoms with van der Waals surface area (Å²) >= 11 is 0. The van der Waals surface area contributed by atoms with Gasteiger partial charge in [-0.15, -0.1) is 0 Å². The molecule has 1 saturated heterocycles. The van der Waals surface area contributed by atoms with Crippen LogP contribution in [0.2, 0.25) is 0 Å². The normalized spacial score (nSPS) is 17.9. The lowest BCUT2D eigenvalue weighted by Gasteiger charge is -2.18. The Hall–Kier alpha value is -2.65. The monoisotopic (exact) mass is 346 g/mol. The van der Waals surface area contributed by atoms with Crippen molar-refractivity contribution in [3.05, 3.63) is 39.9 Å². The van der Waals surface area contributed by atoms with E-state index in [1.54, 1.807) is 0 Å². The number of amides is 1. The average molecular weight is 346 g/mol. The van der Waals surface area contributed by atoms with Crippen molar-refractivity contribution in [3.8, 4) is 0 Å². The van der Waals surface area contributed by atoms with Crippen LogP contribution in [0.15, 0.2) is 24.3 Å². The fraction of sp³-hybridized carbons (Fsp3) is 0.429. The Balaban J connectivity index is 1.87. The molecule has 0 aliphatic carbocycles. The topological polar surface area (TPSA) is 89.7 Å². The van der Waals surface area contributed by atoms with Crippen LogP contribution in [-0.4, -0.2) is 41.0 Å². The quantitative estimate of drug-likeness (QED) is 0.462. The largest absolute Gasteiger partial charge is 0.461 e. The highest BCUT2D eigenvalue weighted by Crippen LogP contribution is 2.25. The maximum absolute atomic E-state index is 12.3. The number of halogens is 3. The van der Waals surface area contributed by atoms with E-state index >= 15 is 0 Å². The predicted molar refractivity (Wildman–Crippen MR) is 73.6 cm³/mol. The van der Waals surface area contributed by atoms with Gasteiger partial charge < -0.3 is 9.64 Å². The first kappa shape index (κ1) is 17.7. The van der Waals surface area contributed by atoms with Crippen LogP contribution in [0.4, 0.5) is 18.9 Å². The smallest absolute Gasteiger partial charge is 0.406 e. The maximum atomic E-state index is 12.3. The molecule has 1 amide bonds. The third kappa shape index (κ3) is 4.67. The van der Waals surface area contributed by atoms with Gasteiger partial charge in [0, 0.05) is 25.1 Å². The van der Waals surface area contributed by atoms with E-state index in [0.717, 1.165) is 0 Å². The Morgan fingerprint density at radius 3 is 2.50 bits per heavy atom. The first-order valence-electron chi connectivity index (χ1n) is 6.90. The highest BCUT2D eigenvalue weighted by atomic mass is 19.4. The Labute approximate surface area is 134 Å². The highest BCUT2D eigenvalue weighted by Gasteiger charge is 2.41. The first-order valence-corrected chi connectivity index (χ1v) is 6.90. The van der Waals surface area contributed by atoms with Gasteiger partial charge in [0.2, 0.25) is 5.91 Å². The van der Waals surface area contributed by atoms with Gasteiger partial charge in [-0.2, -0.15) is 13.2 Å². The van der Waals surface area contributed by atoms with Crippen molar-refractivity contribution in [3.63, 3.8) is 0 Å². The molecule has 130 valence electrons. The summed E-state index contributed by atoms with van der Waals surface area (Å²) < 4.78 is 41.9. The molecule has 1 aromatic carbocycles. The number of carbonyl (C=O) groups is 2. The SMILES string of the molecule is O=C(OCc1ccc([N+](=O)[O-])cc1)[C@H]1CC(=O)N(CC(F)(F)F)C1. The van der Waals surface area contributed by atoms with E-state index in [2.05, 4.69) is 0 Å². The number of hydrogen-bond acceptors (Lipinski definition) is 5. The molecule has 7 nitrogen and oxygen atoms in total. The van der Waals surface area contributed by atoms with Crippen LogP contribution < -0.4 is 0 Å². The van der Waals surface area contributed by atoms with Gasteiger partial charge in [-0.05, 0) is 17.7 Å². The molecule has 0 bridgehead atoms.